The third kappa shape index (κ3) is 2.98. The minimum Gasteiger partial charge on any atom is -0.442 e. The molecule has 0 aromatic carbocycles. The van der Waals surface area contributed by atoms with Gasteiger partial charge in [-0.1, -0.05) is 6.07 Å². The van der Waals surface area contributed by atoms with Gasteiger partial charge in [0, 0.05) is 16.8 Å². The van der Waals surface area contributed by atoms with E-state index in [4.69, 9.17) is 10.2 Å². The van der Waals surface area contributed by atoms with E-state index in [2.05, 4.69) is 32.1 Å². The van der Waals surface area contributed by atoms with Gasteiger partial charge in [-0.3, -0.25) is 4.98 Å². The number of thiophene rings is 1. The number of nitrogens with zero attached hydrogens (tertiary/aromatic N) is 4. The molecule has 0 unspecified atom stereocenters. The van der Waals surface area contributed by atoms with Crippen LogP contribution >= 0.6 is 11.3 Å². The molecule has 4 aromatic heterocycles. The third-order valence-electron chi connectivity index (χ3n) is 3.68. The number of nitrogen functional groups attached to an aromatic ring is 1. The zero-order chi connectivity index (χ0) is 16.4. The first-order valence-corrected chi connectivity index (χ1v) is 8.47. The first-order chi connectivity index (χ1) is 11.8. The van der Waals surface area contributed by atoms with Crippen molar-refractivity contribution in [2.75, 3.05) is 5.73 Å². The van der Waals surface area contributed by atoms with Gasteiger partial charge >= 0.3 is 0 Å². The lowest BCUT2D eigenvalue weighted by Gasteiger charge is -1.98. The van der Waals surface area contributed by atoms with Gasteiger partial charge in [-0.2, -0.15) is 0 Å². The summed E-state index contributed by atoms with van der Waals surface area (Å²) in [6.45, 7) is 0. The molecule has 0 radical (unpaired) electrons. The predicted octanol–water partition coefficient (Wildman–Crippen LogP) is 3.50. The maximum absolute atomic E-state index is 6.07. The molecule has 120 valence electrons. The van der Waals surface area contributed by atoms with E-state index in [1.165, 1.54) is 11.1 Å². The number of anilines is 1. The highest BCUT2D eigenvalue weighted by Crippen LogP contribution is 2.30. The van der Waals surface area contributed by atoms with Gasteiger partial charge in [-0.25, -0.2) is 15.0 Å². The molecule has 0 aliphatic heterocycles. The highest BCUT2D eigenvalue weighted by atomic mass is 32.1. The lowest BCUT2D eigenvalue weighted by molar-refractivity contribution is 0.569. The Hall–Kier alpha value is -2.80. The van der Waals surface area contributed by atoms with Gasteiger partial charge in [0.2, 0.25) is 5.82 Å². The van der Waals surface area contributed by atoms with Gasteiger partial charge < -0.3 is 10.2 Å². The number of pyridine rings is 1. The first-order valence-electron chi connectivity index (χ1n) is 7.65. The van der Waals surface area contributed by atoms with Crippen molar-refractivity contribution >= 4 is 27.4 Å². The minimum atomic E-state index is 0.383. The average Bonchev–Trinajstić information content (AvgIpc) is 3.25. The van der Waals surface area contributed by atoms with Crippen LogP contribution in [0, 0.1) is 0 Å². The molecule has 2 N–H and O–H groups in total. The fourth-order valence-corrected chi connectivity index (χ4v) is 3.61. The Bertz CT molecular complexity index is 950. The summed E-state index contributed by atoms with van der Waals surface area (Å²) in [7, 11) is 0. The summed E-state index contributed by atoms with van der Waals surface area (Å²) in [5.41, 5.74) is 7.19. The van der Waals surface area contributed by atoms with E-state index in [1.54, 1.807) is 17.5 Å². The summed E-state index contributed by atoms with van der Waals surface area (Å²) >= 11 is 1.64. The molecule has 6 nitrogen and oxygen atoms in total. The Morgan fingerprint density at radius 2 is 2.04 bits per heavy atom. The molecular weight excluding hydrogens is 322 g/mol. The standard InChI is InChI=1S/C17H15N5OS/c18-14-13-10-12(6-3-5-11-4-1-2-7-19-11)24-17(13)22-15(21-14)16-20-8-9-23-16/h1-2,4,7-10H,3,5-6H2,(H2,18,21,22). The fourth-order valence-electron chi connectivity index (χ4n) is 2.54. The van der Waals surface area contributed by atoms with Crippen molar-refractivity contribution < 1.29 is 4.42 Å². The molecule has 0 aliphatic rings. The molecule has 0 saturated heterocycles. The van der Waals surface area contributed by atoms with Crippen molar-refractivity contribution in [3.05, 3.63) is 53.5 Å². The number of rotatable bonds is 5. The van der Waals surface area contributed by atoms with Crippen LogP contribution in [0.2, 0.25) is 0 Å². The normalized spacial score (nSPS) is 11.2. The molecule has 7 heteroatoms. The number of aryl methyl sites for hydroxylation is 2. The number of fused-ring (bicyclic) bond motifs is 1. The van der Waals surface area contributed by atoms with Crippen molar-refractivity contribution in [2.24, 2.45) is 0 Å². The fraction of sp³-hybridized carbons (Fsp3) is 0.176. The molecule has 0 saturated carbocycles. The van der Waals surface area contributed by atoms with Gasteiger partial charge in [-0.15, -0.1) is 11.3 Å². The Balaban J connectivity index is 1.53. The second-order valence-electron chi connectivity index (χ2n) is 5.38. The zero-order valence-corrected chi connectivity index (χ0v) is 13.7. The zero-order valence-electron chi connectivity index (χ0n) is 12.8. The van der Waals surface area contributed by atoms with Crippen LogP contribution in [0.25, 0.3) is 21.9 Å². The van der Waals surface area contributed by atoms with Crippen LogP contribution in [-0.4, -0.2) is 19.9 Å². The SMILES string of the molecule is Nc1nc(-c2ncco2)nc2sc(CCCc3ccccn3)cc12. The van der Waals surface area contributed by atoms with Gasteiger partial charge in [0.05, 0.1) is 11.6 Å². The number of oxazole rings is 1. The molecule has 0 atom stereocenters. The third-order valence-corrected chi connectivity index (χ3v) is 4.77. The summed E-state index contributed by atoms with van der Waals surface area (Å²) < 4.78 is 5.25. The predicted molar refractivity (Wildman–Crippen MR) is 93.6 cm³/mol. The van der Waals surface area contributed by atoms with E-state index in [1.807, 2.05) is 18.3 Å². The van der Waals surface area contributed by atoms with Gasteiger partial charge in [-0.05, 0) is 37.5 Å². The second kappa shape index (κ2) is 6.37. The summed E-state index contributed by atoms with van der Waals surface area (Å²) in [5, 5.41) is 0.892. The maximum Gasteiger partial charge on any atom is 0.264 e. The Labute approximate surface area is 142 Å². The topological polar surface area (TPSA) is 90.7 Å². The van der Waals surface area contributed by atoms with E-state index < -0.39 is 0 Å². The van der Waals surface area contributed by atoms with E-state index >= 15 is 0 Å². The Morgan fingerprint density at radius 3 is 2.83 bits per heavy atom. The summed E-state index contributed by atoms with van der Waals surface area (Å²) in [5.74, 6) is 1.26. The molecule has 4 heterocycles. The van der Waals surface area contributed by atoms with Crippen LogP contribution in [0.4, 0.5) is 5.82 Å². The molecule has 0 bridgehead atoms. The number of hydrogen-bond donors (Lipinski definition) is 1. The van der Waals surface area contributed by atoms with Crippen molar-refractivity contribution in [2.45, 2.75) is 19.3 Å². The number of aromatic nitrogens is 4. The number of hydrogen-bond acceptors (Lipinski definition) is 7. The summed E-state index contributed by atoms with van der Waals surface area (Å²) in [4.78, 5) is 19.3. The van der Waals surface area contributed by atoms with Gasteiger partial charge in [0.1, 0.15) is 16.9 Å². The monoisotopic (exact) mass is 337 g/mol. The lowest BCUT2D eigenvalue weighted by Crippen LogP contribution is -1.95. The molecule has 0 aliphatic carbocycles. The summed E-state index contributed by atoms with van der Waals surface area (Å²) in [6.07, 6.45) is 7.84. The van der Waals surface area contributed by atoms with Gasteiger partial charge in [0.15, 0.2) is 0 Å². The quantitative estimate of drug-likeness (QED) is 0.599. The second-order valence-corrected chi connectivity index (χ2v) is 6.49. The average molecular weight is 337 g/mol. The van der Waals surface area contributed by atoms with Crippen LogP contribution in [0.3, 0.4) is 0 Å². The first kappa shape index (κ1) is 14.8. The highest BCUT2D eigenvalue weighted by Gasteiger charge is 2.13. The van der Waals surface area contributed by atoms with E-state index in [-0.39, 0.29) is 0 Å². The Morgan fingerprint density at radius 1 is 1.08 bits per heavy atom. The van der Waals surface area contributed by atoms with Gasteiger partial charge in [0.25, 0.3) is 5.89 Å². The molecule has 4 rings (SSSR count). The van der Waals surface area contributed by atoms with Crippen LogP contribution in [-0.2, 0) is 12.8 Å². The van der Waals surface area contributed by atoms with Crippen molar-refractivity contribution in [1.82, 2.24) is 19.9 Å². The van der Waals surface area contributed by atoms with Crippen molar-refractivity contribution in [3.8, 4) is 11.7 Å². The smallest absolute Gasteiger partial charge is 0.264 e. The maximum atomic E-state index is 6.07. The molecule has 4 aromatic rings. The van der Waals surface area contributed by atoms with Crippen LogP contribution in [0.5, 0.6) is 0 Å². The van der Waals surface area contributed by atoms with E-state index in [9.17, 15) is 0 Å². The minimum absolute atomic E-state index is 0.383. The van der Waals surface area contributed by atoms with E-state index in [0.29, 0.717) is 17.5 Å². The van der Waals surface area contributed by atoms with Crippen LogP contribution in [0.15, 0.2) is 47.3 Å². The number of nitrogens with two attached hydrogens (primary N) is 1. The highest BCUT2D eigenvalue weighted by molar-refractivity contribution is 7.18. The molecule has 0 spiro atoms. The van der Waals surface area contributed by atoms with Crippen molar-refractivity contribution in [3.63, 3.8) is 0 Å². The van der Waals surface area contributed by atoms with Crippen LogP contribution < -0.4 is 5.73 Å². The van der Waals surface area contributed by atoms with Crippen molar-refractivity contribution in [1.29, 1.82) is 0 Å². The Kier molecular flexibility index (Phi) is 3.92. The molecular formula is C17H15N5OS. The van der Waals surface area contributed by atoms with E-state index in [0.717, 1.165) is 35.2 Å². The largest absolute Gasteiger partial charge is 0.442 e. The lowest BCUT2D eigenvalue weighted by atomic mass is 10.1. The van der Waals surface area contributed by atoms with Crippen LogP contribution in [0.1, 0.15) is 17.0 Å². The molecule has 24 heavy (non-hydrogen) atoms. The molecule has 0 fully saturated rings. The molecule has 0 amide bonds. The summed E-state index contributed by atoms with van der Waals surface area (Å²) in [6, 6.07) is 8.08.